The molecule has 1 saturated carbocycles. The maximum absolute atomic E-state index is 3.80. The van der Waals surface area contributed by atoms with Gasteiger partial charge >= 0.3 is 0 Å². The minimum absolute atomic E-state index is 0.621. The van der Waals surface area contributed by atoms with Crippen molar-refractivity contribution < 1.29 is 0 Å². The maximum Gasteiger partial charge on any atom is 0.0325 e. The van der Waals surface area contributed by atoms with Gasteiger partial charge in [-0.1, -0.05) is 43.2 Å². The van der Waals surface area contributed by atoms with E-state index in [1.54, 1.807) is 0 Å². The van der Waals surface area contributed by atoms with E-state index in [9.17, 15) is 0 Å². The lowest BCUT2D eigenvalue weighted by molar-refractivity contribution is 0.181. The largest absolute Gasteiger partial charge is 0.307 e. The van der Waals surface area contributed by atoms with Gasteiger partial charge in [-0.25, -0.2) is 0 Å². The second kappa shape index (κ2) is 3.97. The van der Waals surface area contributed by atoms with Crippen LogP contribution >= 0.6 is 0 Å². The third-order valence-electron chi connectivity index (χ3n) is 3.99. The Bertz CT molecular complexity index is 307. The average Bonchev–Trinajstić information content (AvgIpc) is 2.30. The van der Waals surface area contributed by atoms with Crippen molar-refractivity contribution in [2.24, 2.45) is 5.92 Å². The van der Waals surface area contributed by atoms with Gasteiger partial charge in [0.2, 0.25) is 0 Å². The Morgan fingerprint density at radius 3 is 2.67 bits per heavy atom. The number of benzene rings is 1. The van der Waals surface area contributed by atoms with E-state index in [0.717, 1.165) is 12.0 Å². The minimum atomic E-state index is 0.621. The van der Waals surface area contributed by atoms with E-state index in [1.807, 2.05) is 0 Å². The van der Waals surface area contributed by atoms with E-state index < -0.39 is 0 Å². The number of hydrogen-bond acceptors (Lipinski definition) is 1. The number of fused-ring (bicyclic) bond motifs is 2. The molecular formula is C14H19N. The summed E-state index contributed by atoms with van der Waals surface area (Å²) in [5.74, 6) is 0.982. The van der Waals surface area contributed by atoms with Gasteiger partial charge in [0.1, 0.15) is 0 Å². The Balaban J connectivity index is 1.78. The third-order valence-corrected chi connectivity index (χ3v) is 3.99. The molecule has 1 N–H and O–H groups in total. The van der Waals surface area contributed by atoms with Crippen LogP contribution < -0.4 is 5.32 Å². The molecule has 1 aromatic carbocycles. The normalized spacial score (nSPS) is 35.1. The summed E-state index contributed by atoms with van der Waals surface area (Å²) in [6.45, 7) is 0. The number of nitrogens with one attached hydrogen (secondary N) is 1. The highest BCUT2D eigenvalue weighted by Gasteiger charge is 2.31. The molecule has 1 saturated heterocycles. The molecule has 1 nitrogen and oxygen atoms in total. The van der Waals surface area contributed by atoms with E-state index >= 15 is 0 Å². The quantitative estimate of drug-likeness (QED) is 0.735. The molecule has 0 spiro atoms. The lowest BCUT2D eigenvalue weighted by atomic mass is 9.77. The Hall–Kier alpha value is -0.820. The first-order valence-corrected chi connectivity index (χ1v) is 6.23. The minimum Gasteiger partial charge on any atom is -0.307 e. The molecule has 0 aromatic heterocycles. The summed E-state index contributed by atoms with van der Waals surface area (Å²) in [5.41, 5.74) is 1.48. The van der Waals surface area contributed by atoms with Crippen molar-refractivity contribution in [1.29, 1.82) is 0 Å². The van der Waals surface area contributed by atoms with Crippen LogP contribution in [0.1, 0.15) is 43.7 Å². The first-order chi connectivity index (χ1) is 7.42. The van der Waals surface area contributed by atoms with E-state index in [0.29, 0.717) is 6.04 Å². The molecule has 0 amide bonds. The second-order valence-electron chi connectivity index (χ2n) is 5.10. The summed E-state index contributed by atoms with van der Waals surface area (Å²) in [6, 6.07) is 12.4. The van der Waals surface area contributed by atoms with Crippen LogP contribution in [0.3, 0.4) is 0 Å². The van der Waals surface area contributed by atoms with E-state index in [4.69, 9.17) is 0 Å². The van der Waals surface area contributed by atoms with Gasteiger partial charge in [-0.15, -0.1) is 0 Å². The second-order valence-corrected chi connectivity index (χ2v) is 5.10. The SMILES string of the molecule is c1ccc([C@H]2C[C@H]3CCC[C@H](C3)N2)cc1. The number of hydrogen-bond donors (Lipinski definition) is 1. The maximum atomic E-state index is 3.80. The van der Waals surface area contributed by atoms with Crippen LogP contribution in [0.5, 0.6) is 0 Å². The molecule has 1 heterocycles. The first kappa shape index (κ1) is 9.41. The number of piperidine rings is 1. The van der Waals surface area contributed by atoms with Gasteiger partial charge in [0.15, 0.2) is 0 Å². The Kier molecular flexibility index (Phi) is 2.49. The van der Waals surface area contributed by atoms with Gasteiger partial charge in [-0.3, -0.25) is 0 Å². The molecule has 0 unspecified atom stereocenters. The van der Waals surface area contributed by atoms with Crippen molar-refractivity contribution in [3.05, 3.63) is 35.9 Å². The van der Waals surface area contributed by atoms with E-state index in [1.165, 1.54) is 37.7 Å². The van der Waals surface area contributed by atoms with Crippen LogP contribution in [0.4, 0.5) is 0 Å². The van der Waals surface area contributed by atoms with Crippen molar-refractivity contribution in [1.82, 2.24) is 5.32 Å². The molecule has 0 radical (unpaired) electrons. The average molecular weight is 201 g/mol. The van der Waals surface area contributed by atoms with Crippen molar-refractivity contribution in [3.63, 3.8) is 0 Å². The molecule has 1 aliphatic carbocycles. The van der Waals surface area contributed by atoms with Crippen LogP contribution in [-0.2, 0) is 0 Å². The molecule has 2 fully saturated rings. The van der Waals surface area contributed by atoms with Crippen LogP contribution in [0.2, 0.25) is 0 Å². The molecular weight excluding hydrogens is 182 g/mol. The van der Waals surface area contributed by atoms with E-state index in [2.05, 4.69) is 35.6 Å². The van der Waals surface area contributed by atoms with Gasteiger partial charge in [0.25, 0.3) is 0 Å². The van der Waals surface area contributed by atoms with Gasteiger partial charge in [-0.2, -0.15) is 0 Å². The van der Waals surface area contributed by atoms with Crippen LogP contribution in [0.15, 0.2) is 30.3 Å². The molecule has 3 rings (SSSR count). The van der Waals surface area contributed by atoms with Crippen molar-refractivity contribution in [2.75, 3.05) is 0 Å². The van der Waals surface area contributed by atoms with Gasteiger partial charge < -0.3 is 5.32 Å². The molecule has 80 valence electrons. The van der Waals surface area contributed by atoms with Crippen molar-refractivity contribution in [3.8, 4) is 0 Å². The summed E-state index contributed by atoms with van der Waals surface area (Å²) in [5, 5.41) is 3.80. The van der Waals surface area contributed by atoms with Crippen molar-refractivity contribution >= 4 is 0 Å². The van der Waals surface area contributed by atoms with Crippen molar-refractivity contribution in [2.45, 2.75) is 44.2 Å². The van der Waals surface area contributed by atoms with Crippen LogP contribution in [0, 0.1) is 5.92 Å². The fourth-order valence-corrected chi connectivity index (χ4v) is 3.26. The third kappa shape index (κ3) is 1.93. The summed E-state index contributed by atoms with van der Waals surface area (Å²) in [7, 11) is 0. The molecule has 1 heteroatoms. The fourth-order valence-electron chi connectivity index (χ4n) is 3.26. The lowest BCUT2D eigenvalue weighted by Gasteiger charge is -2.40. The summed E-state index contributed by atoms with van der Waals surface area (Å²) in [6.07, 6.45) is 7.05. The highest BCUT2D eigenvalue weighted by Crippen LogP contribution is 2.37. The van der Waals surface area contributed by atoms with Gasteiger partial charge in [0, 0.05) is 12.1 Å². The van der Waals surface area contributed by atoms with Crippen LogP contribution in [0.25, 0.3) is 0 Å². The summed E-state index contributed by atoms with van der Waals surface area (Å²) in [4.78, 5) is 0. The number of rotatable bonds is 1. The molecule has 1 aliphatic heterocycles. The molecule has 15 heavy (non-hydrogen) atoms. The molecule has 3 atom stereocenters. The topological polar surface area (TPSA) is 12.0 Å². The summed E-state index contributed by atoms with van der Waals surface area (Å²) >= 11 is 0. The predicted octanol–water partition coefficient (Wildman–Crippen LogP) is 3.28. The fraction of sp³-hybridized carbons (Fsp3) is 0.571. The van der Waals surface area contributed by atoms with Gasteiger partial charge in [0.05, 0.1) is 0 Å². The van der Waals surface area contributed by atoms with E-state index in [-0.39, 0.29) is 0 Å². The Morgan fingerprint density at radius 2 is 1.87 bits per heavy atom. The standard InChI is InChI=1S/C14H19N/c1-2-6-12(7-3-1)14-10-11-5-4-8-13(9-11)15-14/h1-3,6-7,11,13-15H,4-5,8-10H2/t11-,13+,14+/m0/s1. The smallest absolute Gasteiger partial charge is 0.0325 e. The monoisotopic (exact) mass is 201 g/mol. The summed E-state index contributed by atoms with van der Waals surface area (Å²) < 4.78 is 0. The zero-order valence-electron chi connectivity index (χ0n) is 9.15. The highest BCUT2D eigenvalue weighted by atomic mass is 15.0. The highest BCUT2D eigenvalue weighted by molar-refractivity contribution is 5.20. The van der Waals surface area contributed by atoms with Gasteiger partial charge in [-0.05, 0) is 30.7 Å². The first-order valence-electron chi connectivity index (χ1n) is 6.23. The van der Waals surface area contributed by atoms with Crippen LogP contribution in [-0.4, -0.2) is 6.04 Å². The molecule has 1 aromatic rings. The Morgan fingerprint density at radius 1 is 1.00 bits per heavy atom. The zero-order valence-corrected chi connectivity index (χ0v) is 9.15. The Labute approximate surface area is 91.9 Å². The lowest BCUT2D eigenvalue weighted by Crippen LogP contribution is -2.42. The molecule has 2 aliphatic rings. The molecule has 2 bridgehead atoms. The zero-order chi connectivity index (χ0) is 10.1. The predicted molar refractivity (Wildman–Crippen MR) is 62.7 cm³/mol.